The van der Waals surface area contributed by atoms with Crippen molar-refractivity contribution in [2.45, 2.75) is 39.0 Å². The van der Waals surface area contributed by atoms with Crippen LogP contribution in [0.25, 0.3) is 5.57 Å². The lowest BCUT2D eigenvalue weighted by Gasteiger charge is -2.17. The van der Waals surface area contributed by atoms with Crippen molar-refractivity contribution in [1.82, 2.24) is 0 Å². The van der Waals surface area contributed by atoms with Crippen LogP contribution in [0.5, 0.6) is 0 Å². The number of ether oxygens (including phenoxy) is 1. The number of ketones is 1. The normalized spacial score (nSPS) is 20.1. The first-order valence-corrected chi connectivity index (χ1v) is 7.18. The molecule has 0 fully saturated rings. The molecule has 0 saturated heterocycles. The van der Waals surface area contributed by atoms with Crippen LogP contribution in [-0.4, -0.2) is 18.4 Å². The maximum absolute atomic E-state index is 12.2. The van der Waals surface area contributed by atoms with Gasteiger partial charge in [0, 0.05) is 18.4 Å². The highest BCUT2D eigenvalue weighted by atomic mass is 16.5. The lowest BCUT2D eigenvalue weighted by atomic mass is 9.88. The number of allylic oxidation sites excluding steroid dienone is 1. The SMILES string of the molecule is CCOC(=O)/C1=C(\c2ccccc2)CC(=O)CCCC1. The smallest absolute Gasteiger partial charge is 0.334 e. The summed E-state index contributed by atoms with van der Waals surface area (Å²) in [5.74, 6) is -0.0774. The Labute approximate surface area is 119 Å². The Morgan fingerprint density at radius 1 is 1.15 bits per heavy atom. The number of carbonyl (C=O) groups excluding carboxylic acids is 2. The minimum Gasteiger partial charge on any atom is -0.463 e. The number of rotatable bonds is 3. The monoisotopic (exact) mass is 272 g/mol. The second kappa shape index (κ2) is 7.04. The average Bonchev–Trinajstić information content (AvgIpc) is 2.44. The topological polar surface area (TPSA) is 43.4 Å². The van der Waals surface area contributed by atoms with Gasteiger partial charge in [-0.25, -0.2) is 4.79 Å². The van der Waals surface area contributed by atoms with Crippen LogP contribution in [0.3, 0.4) is 0 Å². The van der Waals surface area contributed by atoms with E-state index in [1.165, 1.54) is 0 Å². The Balaban J connectivity index is 2.44. The molecular formula is C17H20O3. The molecule has 2 rings (SSSR count). The van der Waals surface area contributed by atoms with Crippen molar-refractivity contribution >= 4 is 17.3 Å². The van der Waals surface area contributed by atoms with Crippen LogP contribution in [0.4, 0.5) is 0 Å². The number of benzene rings is 1. The van der Waals surface area contributed by atoms with Gasteiger partial charge in [-0.1, -0.05) is 30.3 Å². The molecule has 0 atom stereocenters. The summed E-state index contributed by atoms with van der Waals surface area (Å²) >= 11 is 0. The summed E-state index contributed by atoms with van der Waals surface area (Å²) in [5.41, 5.74) is 2.46. The highest BCUT2D eigenvalue weighted by Gasteiger charge is 2.22. The third-order valence-electron chi connectivity index (χ3n) is 3.51. The molecule has 0 spiro atoms. The molecule has 0 bridgehead atoms. The molecule has 106 valence electrons. The van der Waals surface area contributed by atoms with Crippen LogP contribution < -0.4 is 0 Å². The molecule has 0 radical (unpaired) electrons. The maximum atomic E-state index is 12.2. The molecule has 1 aliphatic rings. The van der Waals surface area contributed by atoms with Crippen molar-refractivity contribution in [2.24, 2.45) is 0 Å². The largest absolute Gasteiger partial charge is 0.463 e. The summed E-state index contributed by atoms with van der Waals surface area (Å²) in [4.78, 5) is 24.1. The molecule has 0 aromatic heterocycles. The van der Waals surface area contributed by atoms with E-state index in [0.29, 0.717) is 31.4 Å². The van der Waals surface area contributed by atoms with Crippen LogP contribution >= 0.6 is 0 Å². The number of carbonyl (C=O) groups is 2. The first-order valence-electron chi connectivity index (χ1n) is 7.18. The first-order chi connectivity index (χ1) is 9.72. The summed E-state index contributed by atoms with van der Waals surface area (Å²) in [6.07, 6.45) is 3.33. The van der Waals surface area contributed by atoms with Gasteiger partial charge in [0.25, 0.3) is 0 Å². The summed E-state index contributed by atoms with van der Waals surface area (Å²) in [6, 6.07) is 9.68. The van der Waals surface area contributed by atoms with E-state index in [1.54, 1.807) is 6.92 Å². The fourth-order valence-corrected chi connectivity index (χ4v) is 2.53. The highest BCUT2D eigenvalue weighted by molar-refractivity contribution is 6.02. The van der Waals surface area contributed by atoms with Gasteiger partial charge in [-0.3, -0.25) is 4.79 Å². The molecule has 3 nitrogen and oxygen atoms in total. The van der Waals surface area contributed by atoms with Gasteiger partial charge in [0.2, 0.25) is 0 Å². The zero-order valence-electron chi connectivity index (χ0n) is 11.9. The zero-order valence-corrected chi connectivity index (χ0v) is 11.9. The molecule has 3 heteroatoms. The Hall–Kier alpha value is -1.90. The van der Waals surface area contributed by atoms with E-state index < -0.39 is 0 Å². The lowest BCUT2D eigenvalue weighted by molar-refractivity contribution is -0.138. The van der Waals surface area contributed by atoms with E-state index in [-0.39, 0.29) is 11.8 Å². The second-order valence-electron chi connectivity index (χ2n) is 4.97. The Kier molecular flexibility index (Phi) is 5.10. The van der Waals surface area contributed by atoms with Crippen LogP contribution in [-0.2, 0) is 14.3 Å². The molecule has 1 aromatic rings. The van der Waals surface area contributed by atoms with Gasteiger partial charge < -0.3 is 4.74 Å². The zero-order chi connectivity index (χ0) is 14.4. The van der Waals surface area contributed by atoms with Crippen LogP contribution in [0.15, 0.2) is 35.9 Å². The molecule has 0 unspecified atom stereocenters. The molecule has 20 heavy (non-hydrogen) atoms. The van der Waals surface area contributed by atoms with Gasteiger partial charge in [-0.2, -0.15) is 0 Å². The van der Waals surface area contributed by atoms with Crippen LogP contribution in [0.2, 0.25) is 0 Å². The number of hydrogen-bond acceptors (Lipinski definition) is 3. The van der Waals surface area contributed by atoms with Crippen LogP contribution in [0.1, 0.15) is 44.6 Å². The van der Waals surface area contributed by atoms with E-state index in [4.69, 9.17) is 4.74 Å². The molecule has 0 heterocycles. The molecule has 0 amide bonds. The van der Waals surface area contributed by atoms with Gasteiger partial charge in [-0.15, -0.1) is 0 Å². The maximum Gasteiger partial charge on any atom is 0.334 e. The standard InChI is InChI=1S/C17H20O3/c1-2-20-17(19)15-11-7-6-10-14(18)12-16(15)13-8-4-3-5-9-13/h3-5,8-9H,2,6-7,10-12H2,1H3/b16-15-. The minimum absolute atomic E-state index is 0.199. The van der Waals surface area contributed by atoms with Crippen molar-refractivity contribution in [2.75, 3.05) is 6.61 Å². The molecular weight excluding hydrogens is 252 g/mol. The third kappa shape index (κ3) is 3.56. The Bertz CT molecular complexity index is 514. The van der Waals surface area contributed by atoms with Gasteiger partial charge in [-0.05, 0) is 37.3 Å². The molecule has 1 aromatic carbocycles. The summed E-state index contributed by atoms with van der Waals surface area (Å²) < 4.78 is 5.16. The quantitative estimate of drug-likeness (QED) is 0.790. The number of hydrogen-bond donors (Lipinski definition) is 0. The predicted molar refractivity (Wildman–Crippen MR) is 78.1 cm³/mol. The summed E-state index contributed by atoms with van der Waals surface area (Å²) in [6.45, 7) is 2.16. The number of esters is 1. The first kappa shape index (κ1) is 14.5. The van der Waals surface area contributed by atoms with Gasteiger partial charge in [0.05, 0.1) is 6.61 Å². The van der Waals surface area contributed by atoms with E-state index in [9.17, 15) is 9.59 Å². The Morgan fingerprint density at radius 3 is 2.55 bits per heavy atom. The third-order valence-corrected chi connectivity index (χ3v) is 3.51. The van der Waals surface area contributed by atoms with Crippen molar-refractivity contribution in [1.29, 1.82) is 0 Å². The highest BCUT2D eigenvalue weighted by Crippen LogP contribution is 2.29. The van der Waals surface area contributed by atoms with Gasteiger partial charge in [0.1, 0.15) is 5.78 Å². The fourth-order valence-electron chi connectivity index (χ4n) is 2.53. The summed E-state index contributed by atoms with van der Waals surface area (Å²) in [5, 5.41) is 0. The van der Waals surface area contributed by atoms with Crippen molar-refractivity contribution in [3.05, 3.63) is 41.5 Å². The predicted octanol–water partition coefficient (Wildman–Crippen LogP) is 3.54. The molecule has 0 N–H and O–H groups in total. The van der Waals surface area contributed by atoms with Crippen molar-refractivity contribution in [3.8, 4) is 0 Å². The Morgan fingerprint density at radius 2 is 1.85 bits per heavy atom. The van der Waals surface area contributed by atoms with Crippen molar-refractivity contribution < 1.29 is 14.3 Å². The van der Waals surface area contributed by atoms with E-state index in [1.807, 2.05) is 30.3 Å². The van der Waals surface area contributed by atoms with E-state index in [2.05, 4.69) is 0 Å². The molecule has 0 saturated carbocycles. The number of Topliss-reactive ketones (excluding diaryl/α,β-unsaturated/α-hetero) is 1. The fraction of sp³-hybridized carbons (Fsp3) is 0.412. The van der Waals surface area contributed by atoms with Crippen molar-refractivity contribution in [3.63, 3.8) is 0 Å². The lowest BCUT2D eigenvalue weighted by Crippen LogP contribution is -2.14. The second-order valence-corrected chi connectivity index (χ2v) is 4.97. The molecule has 0 aliphatic heterocycles. The average molecular weight is 272 g/mol. The molecule has 1 aliphatic carbocycles. The van der Waals surface area contributed by atoms with Crippen LogP contribution in [0, 0.1) is 0 Å². The summed E-state index contributed by atoms with van der Waals surface area (Å²) in [7, 11) is 0. The van der Waals surface area contributed by atoms with E-state index in [0.717, 1.165) is 24.0 Å². The van der Waals surface area contributed by atoms with Gasteiger partial charge >= 0.3 is 5.97 Å². The minimum atomic E-state index is -0.277. The van der Waals surface area contributed by atoms with Gasteiger partial charge in [0.15, 0.2) is 0 Å². The van der Waals surface area contributed by atoms with E-state index >= 15 is 0 Å².